The number of thioether (sulfide) groups is 1. The lowest BCUT2D eigenvalue weighted by molar-refractivity contribution is 0.267. The average Bonchev–Trinajstić information content (AvgIpc) is 2.03. The molecule has 0 saturated heterocycles. The van der Waals surface area contributed by atoms with Gasteiger partial charge in [-0.1, -0.05) is 0 Å². The van der Waals surface area contributed by atoms with Crippen LogP contribution in [0.15, 0.2) is 21.8 Å². The number of ether oxygens (including phenoxy) is 1. The first-order valence-corrected chi connectivity index (χ1v) is 5.15. The van der Waals surface area contributed by atoms with Gasteiger partial charge in [0.1, 0.15) is 0 Å². The van der Waals surface area contributed by atoms with E-state index in [0.717, 1.165) is 10.4 Å². The number of halogens is 1. The van der Waals surface area contributed by atoms with Crippen LogP contribution < -0.4 is 5.32 Å². The quantitative estimate of drug-likeness (QED) is 0.599. The molecule has 2 nitrogen and oxygen atoms in total. The summed E-state index contributed by atoms with van der Waals surface area (Å²) in [6.45, 7) is 0. The summed E-state index contributed by atoms with van der Waals surface area (Å²) in [5, 5.41) is 4.88. The third-order valence-corrected chi connectivity index (χ3v) is 2.03. The van der Waals surface area contributed by atoms with Gasteiger partial charge in [-0.3, -0.25) is 0 Å². The summed E-state index contributed by atoms with van der Waals surface area (Å²) in [4.78, 5) is 0. The molecule has 0 spiro atoms. The predicted molar refractivity (Wildman–Crippen MR) is 54.7 cm³/mol. The highest BCUT2D eigenvalue weighted by molar-refractivity contribution is 9.11. The largest absolute Gasteiger partial charge is 0.482 e. The Kier molecular flexibility index (Phi) is 6.56. The van der Waals surface area contributed by atoms with Gasteiger partial charge in [0, 0.05) is 7.05 Å². The molecule has 0 unspecified atom stereocenters. The summed E-state index contributed by atoms with van der Waals surface area (Å²) in [5.41, 5.74) is 0. The van der Waals surface area contributed by atoms with Crippen molar-refractivity contribution in [2.75, 3.05) is 20.4 Å². The summed E-state index contributed by atoms with van der Waals surface area (Å²) in [7, 11) is 3.44. The summed E-state index contributed by atoms with van der Waals surface area (Å²) in [6.07, 6.45) is 3.93. The smallest absolute Gasteiger partial charge is 0.200 e. The summed E-state index contributed by atoms with van der Waals surface area (Å²) < 4.78 is 5.93. The lowest BCUT2D eigenvalue weighted by Crippen LogP contribution is -2.08. The molecule has 0 aromatic heterocycles. The van der Waals surface area contributed by atoms with Crippen LogP contribution in [0.3, 0.4) is 0 Å². The highest BCUT2D eigenvalue weighted by Crippen LogP contribution is 2.13. The van der Waals surface area contributed by atoms with Crippen LogP contribution in [0.25, 0.3) is 0 Å². The van der Waals surface area contributed by atoms with E-state index in [1.807, 2.05) is 24.8 Å². The van der Waals surface area contributed by atoms with Crippen molar-refractivity contribution in [3.63, 3.8) is 0 Å². The van der Waals surface area contributed by atoms with E-state index >= 15 is 0 Å². The summed E-state index contributed by atoms with van der Waals surface area (Å²) in [6, 6.07) is 0. The lowest BCUT2D eigenvalue weighted by Gasteiger charge is -2.04. The molecule has 0 aromatic carbocycles. The fourth-order valence-corrected chi connectivity index (χ4v) is 1.46. The molecular weight excluding hydrogens is 226 g/mol. The second kappa shape index (κ2) is 6.61. The standard InChI is InChI=1S/C7H12BrNOS/c1-9-7(10-2)6(8)4-5-11-3/h4-5,9H,1-3H3/b5-4+,7-6-. The van der Waals surface area contributed by atoms with Gasteiger partial charge in [0.05, 0.1) is 11.6 Å². The number of allylic oxidation sites excluding steroid dienone is 2. The number of hydrogen-bond acceptors (Lipinski definition) is 3. The van der Waals surface area contributed by atoms with Gasteiger partial charge in [-0.05, 0) is 33.7 Å². The first-order chi connectivity index (χ1) is 5.26. The zero-order chi connectivity index (χ0) is 8.69. The molecule has 0 heterocycles. The minimum atomic E-state index is 0.732. The third-order valence-electron chi connectivity index (χ3n) is 0.999. The molecule has 0 saturated carbocycles. The Morgan fingerprint density at radius 3 is 2.64 bits per heavy atom. The maximum Gasteiger partial charge on any atom is 0.200 e. The molecule has 11 heavy (non-hydrogen) atoms. The minimum absolute atomic E-state index is 0.732. The van der Waals surface area contributed by atoms with Gasteiger partial charge in [0.25, 0.3) is 0 Å². The van der Waals surface area contributed by atoms with Gasteiger partial charge >= 0.3 is 0 Å². The van der Waals surface area contributed by atoms with E-state index in [0.29, 0.717) is 0 Å². The number of hydrogen-bond donors (Lipinski definition) is 1. The van der Waals surface area contributed by atoms with Crippen LogP contribution in [-0.4, -0.2) is 20.4 Å². The SMILES string of the molecule is CN/C(OC)=C(Br)\C=C\SC. The van der Waals surface area contributed by atoms with Gasteiger partial charge in [-0.15, -0.1) is 11.8 Å². The molecule has 0 aromatic rings. The highest BCUT2D eigenvalue weighted by Gasteiger charge is 1.96. The summed E-state index contributed by atoms with van der Waals surface area (Å²) in [5.74, 6) is 0.732. The van der Waals surface area contributed by atoms with E-state index in [4.69, 9.17) is 4.74 Å². The van der Waals surface area contributed by atoms with E-state index in [9.17, 15) is 0 Å². The zero-order valence-electron chi connectivity index (χ0n) is 6.85. The molecule has 0 rings (SSSR count). The highest BCUT2D eigenvalue weighted by atomic mass is 79.9. The fourth-order valence-electron chi connectivity index (χ4n) is 0.522. The maximum atomic E-state index is 5.02. The van der Waals surface area contributed by atoms with Crippen LogP contribution in [0, 0.1) is 0 Å². The van der Waals surface area contributed by atoms with E-state index in [1.54, 1.807) is 18.9 Å². The predicted octanol–water partition coefficient (Wildman–Crippen LogP) is 2.29. The Morgan fingerprint density at radius 1 is 1.64 bits per heavy atom. The molecule has 0 aliphatic carbocycles. The van der Waals surface area contributed by atoms with Crippen LogP contribution in [0.2, 0.25) is 0 Å². The normalized spacial score (nSPS) is 13.1. The Balaban J connectivity index is 4.22. The topological polar surface area (TPSA) is 21.3 Å². The Morgan fingerprint density at radius 2 is 2.27 bits per heavy atom. The van der Waals surface area contributed by atoms with E-state index in [1.165, 1.54) is 0 Å². The van der Waals surface area contributed by atoms with Gasteiger partial charge in [-0.25, -0.2) is 0 Å². The van der Waals surface area contributed by atoms with Crippen molar-refractivity contribution in [1.29, 1.82) is 0 Å². The Hall–Kier alpha value is -0.0900. The summed E-state index contributed by atoms with van der Waals surface area (Å²) >= 11 is 5.00. The van der Waals surface area contributed by atoms with Crippen molar-refractivity contribution in [3.05, 3.63) is 21.8 Å². The molecule has 0 amide bonds. The molecule has 4 heteroatoms. The van der Waals surface area contributed by atoms with Crippen LogP contribution in [0.4, 0.5) is 0 Å². The number of methoxy groups -OCH3 is 1. The zero-order valence-corrected chi connectivity index (χ0v) is 9.25. The van der Waals surface area contributed by atoms with Gasteiger partial charge in [-0.2, -0.15) is 0 Å². The van der Waals surface area contributed by atoms with Gasteiger partial charge in [0.2, 0.25) is 5.88 Å². The van der Waals surface area contributed by atoms with Crippen LogP contribution >= 0.6 is 27.7 Å². The van der Waals surface area contributed by atoms with Crippen LogP contribution in [0.5, 0.6) is 0 Å². The first-order valence-electron chi connectivity index (χ1n) is 3.07. The van der Waals surface area contributed by atoms with Crippen molar-refractivity contribution in [3.8, 4) is 0 Å². The number of nitrogens with one attached hydrogen (secondary N) is 1. The maximum absolute atomic E-state index is 5.02. The molecular formula is C7H12BrNOS. The first kappa shape index (κ1) is 10.9. The van der Waals surface area contributed by atoms with Crippen molar-refractivity contribution < 1.29 is 4.74 Å². The second-order valence-electron chi connectivity index (χ2n) is 1.67. The molecule has 0 radical (unpaired) electrons. The number of rotatable bonds is 4. The molecule has 0 bridgehead atoms. The van der Waals surface area contributed by atoms with Crippen molar-refractivity contribution >= 4 is 27.7 Å². The van der Waals surface area contributed by atoms with Crippen molar-refractivity contribution in [2.24, 2.45) is 0 Å². The van der Waals surface area contributed by atoms with Crippen LogP contribution in [0.1, 0.15) is 0 Å². The lowest BCUT2D eigenvalue weighted by atomic mass is 10.5. The average molecular weight is 238 g/mol. The Labute approximate surface area is 80.2 Å². The van der Waals surface area contributed by atoms with Gasteiger partial charge < -0.3 is 10.1 Å². The minimum Gasteiger partial charge on any atom is -0.482 e. The molecule has 0 aliphatic rings. The third kappa shape index (κ3) is 4.37. The molecule has 0 aliphatic heterocycles. The van der Waals surface area contributed by atoms with Crippen LogP contribution in [-0.2, 0) is 4.74 Å². The van der Waals surface area contributed by atoms with Crippen molar-refractivity contribution in [1.82, 2.24) is 5.32 Å². The monoisotopic (exact) mass is 237 g/mol. The van der Waals surface area contributed by atoms with E-state index < -0.39 is 0 Å². The van der Waals surface area contributed by atoms with Gasteiger partial charge in [0.15, 0.2) is 0 Å². The molecule has 64 valence electrons. The fraction of sp³-hybridized carbons (Fsp3) is 0.429. The molecule has 1 N–H and O–H groups in total. The molecule has 0 atom stereocenters. The molecule has 0 fully saturated rings. The Bertz CT molecular complexity index is 162. The van der Waals surface area contributed by atoms with E-state index in [2.05, 4.69) is 21.2 Å². The second-order valence-corrected chi connectivity index (χ2v) is 3.27. The van der Waals surface area contributed by atoms with Crippen molar-refractivity contribution in [2.45, 2.75) is 0 Å². The van der Waals surface area contributed by atoms with E-state index in [-0.39, 0.29) is 0 Å².